The quantitative estimate of drug-likeness (QED) is 0.363. The summed E-state index contributed by atoms with van der Waals surface area (Å²) in [6.07, 6.45) is 5.55. The number of aromatic nitrogens is 2. The molecule has 1 fully saturated rings. The zero-order valence-corrected chi connectivity index (χ0v) is 24.0. The van der Waals surface area contributed by atoms with E-state index in [1.54, 1.807) is 24.2 Å². The van der Waals surface area contributed by atoms with E-state index in [4.69, 9.17) is 4.74 Å². The van der Waals surface area contributed by atoms with Crippen LogP contribution in [0.5, 0.6) is 5.88 Å². The molecule has 1 spiro atoms. The van der Waals surface area contributed by atoms with E-state index in [1.165, 1.54) is 25.3 Å². The maximum absolute atomic E-state index is 15.4. The highest BCUT2D eigenvalue weighted by atomic mass is 35.5. The van der Waals surface area contributed by atoms with Gasteiger partial charge in [0.05, 0.1) is 28.6 Å². The topological polar surface area (TPSA) is 114 Å². The number of amides is 1. The molecule has 1 aromatic carbocycles. The minimum atomic E-state index is -3.65. The first-order chi connectivity index (χ1) is 18.1. The number of benzene rings is 1. The van der Waals surface area contributed by atoms with Crippen LogP contribution in [-0.4, -0.2) is 56.3 Å². The zero-order chi connectivity index (χ0) is 27.2. The van der Waals surface area contributed by atoms with Gasteiger partial charge in [-0.2, -0.15) is 0 Å². The van der Waals surface area contributed by atoms with Gasteiger partial charge in [-0.25, -0.2) is 17.8 Å². The van der Waals surface area contributed by atoms with E-state index >= 15 is 4.39 Å². The molecule has 2 N–H and O–H groups in total. The molecule has 3 aromatic rings. The Balaban J connectivity index is 0.00000353. The molecule has 1 aliphatic carbocycles. The lowest BCUT2D eigenvalue weighted by molar-refractivity contribution is -0.125. The number of halogens is 2. The van der Waals surface area contributed by atoms with E-state index in [0.717, 1.165) is 30.5 Å². The van der Waals surface area contributed by atoms with Crippen molar-refractivity contribution in [3.63, 3.8) is 0 Å². The molecule has 5 rings (SSSR count). The molecule has 0 atom stereocenters. The average molecular weight is 578 g/mol. The van der Waals surface area contributed by atoms with Gasteiger partial charge in [-0.15, -0.1) is 12.4 Å². The zero-order valence-electron chi connectivity index (χ0n) is 22.4. The third-order valence-electron chi connectivity index (χ3n) is 7.40. The summed E-state index contributed by atoms with van der Waals surface area (Å²) in [6.45, 7) is 6.37. The predicted octanol–water partition coefficient (Wildman–Crippen LogP) is 4.39. The van der Waals surface area contributed by atoms with Gasteiger partial charge in [0.1, 0.15) is 18.1 Å². The minimum Gasteiger partial charge on any atom is -0.475 e. The molecule has 39 heavy (non-hydrogen) atoms. The third-order valence-corrected chi connectivity index (χ3v) is 8.69. The van der Waals surface area contributed by atoms with Crippen LogP contribution in [0.15, 0.2) is 30.6 Å². The van der Waals surface area contributed by atoms with Crippen LogP contribution in [0.3, 0.4) is 0 Å². The number of fused-ring (bicyclic) bond motifs is 4. The lowest BCUT2D eigenvalue weighted by Crippen LogP contribution is -2.43. The number of pyridine rings is 2. The van der Waals surface area contributed by atoms with Gasteiger partial charge < -0.3 is 15.0 Å². The number of nitrogens with one attached hydrogen (secondary N) is 2. The summed E-state index contributed by atoms with van der Waals surface area (Å²) in [5.74, 6) is -0.505. The number of anilines is 2. The Labute approximate surface area is 234 Å². The summed E-state index contributed by atoms with van der Waals surface area (Å²) in [7, 11) is -1.90. The minimum absolute atomic E-state index is 0. The smallest absolute Gasteiger partial charge is 0.238 e. The van der Waals surface area contributed by atoms with E-state index in [0.29, 0.717) is 23.0 Å². The summed E-state index contributed by atoms with van der Waals surface area (Å²) >= 11 is 0. The number of likely N-dealkylation sites (N-methyl/N-ethyl adjacent to an activating group) is 1. The second kappa shape index (κ2) is 10.9. The highest BCUT2D eigenvalue weighted by Crippen LogP contribution is 2.55. The van der Waals surface area contributed by atoms with Gasteiger partial charge in [0.2, 0.25) is 21.8 Å². The van der Waals surface area contributed by atoms with Gasteiger partial charge in [0, 0.05) is 54.0 Å². The van der Waals surface area contributed by atoms with E-state index < -0.39 is 21.3 Å². The van der Waals surface area contributed by atoms with Crippen molar-refractivity contribution in [1.29, 1.82) is 0 Å². The maximum Gasteiger partial charge on any atom is 0.238 e. The predicted molar refractivity (Wildman–Crippen MR) is 153 cm³/mol. The first-order valence-electron chi connectivity index (χ1n) is 12.8. The van der Waals surface area contributed by atoms with Crippen molar-refractivity contribution < 1.29 is 22.3 Å². The normalized spacial score (nSPS) is 15.8. The Morgan fingerprint density at radius 1 is 1.18 bits per heavy atom. The van der Waals surface area contributed by atoms with Crippen molar-refractivity contribution in [3.8, 4) is 17.0 Å². The lowest BCUT2D eigenvalue weighted by Gasteiger charge is -2.37. The number of carbonyl (C=O) groups is 1. The molecule has 0 bridgehead atoms. The highest BCUT2D eigenvalue weighted by Gasteiger charge is 2.54. The molecule has 0 saturated heterocycles. The summed E-state index contributed by atoms with van der Waals surface area (Å²) < 4.78 is 48.5. The van der Waals surface area contributed by atoms with Crippen molar-refractivity contribution >= 4 is 50.6 Å². The number of ether oxygens (including phenoxy) is 1. The molecule has 0 radical (unpaired) electrons. The molecular weight excluding hydrogens is 545 g/mol. The van der Waals surface area contributed by atoms with E-state index in [9.17, 15) is 13.2 Å². The molecule has 2 aromatic heterocycles. The Hall–Kier alpha value is -3.02. The molecule has 2 aliphatic rings. The molecule has 1 saturated carbocycles. The Kier molecular flexibility index (Phi) is 8.07. The molecule has 9 nitrogen and oxygen atoms in total. The number of hydrogen-bond acceptors (Lipinski definition) is 7. The van der Waals surface area contributed by atoms with Gasteiger partial charge in [-0.1, -0.05) is 20.3 Å². The van der Waals surface area contributed by atoms with E-state index in [-0.39, 0.29) is 53.8 Å². The highest BCUT2D eigenvalue weighted by molar-refractivity contribution is 7.92. The molecule has 1 amide bonds. The van der Waals surface area contributed by atoms with Crippen LogP contribution in [0.2, 0.25) is 0 Å². The van der Waals surface area contributed by atoms with Crippen molar-refractivity contribution in [2.24, 2.45) is 0 Å². The standard InChI is InChI=1S/C27H32FN5O4S.ClH/c1-5-38(35,36)32-22-11-17(14-31-25(22)37-10-9-29-16(2)3)18-12-19-21(13-20(18)28)30-15-23-24(19)27(7-6-8-27)26(34)33(23)4;/h11-16,29,32H,5-10H2,1-4H3;1H. The van der Waals surface area contributed by atoms with Crippen molar-refractivity contribution in [3.05, 3.63) is 42.0 Å². The lowest BCUT2D eigenvalue weighted by atomic mass is 9.64. The Bertz CT molecular complexity index is 1530. The number of nitrogens with zero attached hydrogens (tertiary/aromatic N) is 3. The SMILES string of the molecule is CCS(=O)(=O)Nc1cc(-c2cc3c4c(cnc3cc2F)N(C)C(=O)C42CCC2)cnc1OCCNC(C)C.Cl. The summed E-state index contributed by atoms with van der Waals surface area (Å²) in [5, 5.41) is 3.94. The van der Waals surface area contributed by atoms with E-state index in [2.05, 4.69) is 20.0 Å². The molecule has 12 heteroatoms. The second-order valence-corrected chi connectivity index (χ2v) is 12.2. The average Bonchev–Trinajstić information content (AvgIpc) is 3.09. The van der Waals surface area contributed by atoms with Crippen LogP contribution in [0.1, 0.15) is 45.6 Å². The molecule has 0 unspecified atom stereocenters. The first-order valence-corrected chi connectivity index (χ1v) is 14.5. The Morgan fingerprint density at radius 3 is 2.56 bits per heavy atom. The van der Waals surface area contributed by atoms with Crippen LogP contribution < -0.4 is 19.7 Å². The molecule has 3 heterocycles. The fraction of sp³-hybridized carbons (Fsp3) is 0.444. The molecule has 1 aliphatic heterocycles. The third kappa shape index (κ3) is 5.15. The fourth-order valence-corrected chi connectivity index (χ4v) is 5.86. The molecular formula is C27H33ClFN5O4S. The van der Waals surface area contributed by atoms with Crippen molar-refractivity contribution in [1.82, 2.24) is 15.3 Å². The van der Waals surface area contributed by atoms with Crippen LogP contribution in [-0.2, 0) is 20.2 Å². The van der Waals surface area contributed by atoms with E-state index in [1.807, 2.05) is 13.8 Å². The maximum atomic E-state index is 15.4. The van der Waals surface area contributed by atoms with Gasteiger partial charge in [-0.3, -0.25) is 14.5 Å². The van der Waals surface area contributed by atoms with Gasteiger partial charge in [0.15, 0.2) is 0 Å². The van der Waals surface area contributed by atoms with Crippen LogP contribution >= 0.6 is 12.4 Å². The largest absolute Gasteiger partial charge is 0.475 e. The summed E-state index contributed by atoms with van der Waals surface area (Å²) in [4.78, 5) is 23.6. The van der Waals surface area contributed by atoms with Gasteiger partial charge in [0.25, 0.3) is 0 Å². The second-order valence-electron chi connectivity index (χ2n) is 10.2. The Morgan fingerprint density at radius 2 is 1.92 bits per heavy atom. The number of carbonyl (C=O) groups excluding carboxylic acids is 1. The number of hydrogen-bond donors (Lipinski definition) is 2. The summed E-state index contributed by atoms with van der Waals surface area (Å²) in [6, 6.07) is 4.86. The fourth-order valence-electron chi connectivity index (χ4n) is 5.24. The van der Waals surface area contributed by atoms with Gasteiger partial charge in [-0.05, 0) is 31.9 Å². The first kappa shape index (κ1) is 29.0. The number of sulfonamides is 1. The van der Waals surface area contributed by atoms with Crippen molar-refractivity contribution in [2.75, 3.05) is 35.6 Å². The van der Waals surface area contributed by atoms with Crippen LogP contribution in [0.25, 0.3) is 22.0 Å². The van der Waals surface area contributed by atoms with Crippen LogP contribution in [0, 0.1) is 5.82 Å². The van der Waals surface area contributed by atoms with Crippen LogP contribution in [0.4, 0.5) is 15.8 Å². The monoisotopic (exact) mass is 577 g/mol. The van der Waals surface area contributed by atoms with Crippen molar-refractivity contribution in [2.45, 2.75) is 51.5 Å². The number of rotatable bonds is 9. The molecule has 210 valence electrons. The summed E-state index contributed by atoms with van der Waals surface area (Å²) in [5.41, 5.74) is 2.26. The van der Waals surface area contributed by atoms with Gasteiger partial charge >= 0.3 is 0 Å².